The van der Waals surface area contributed by atoms with Gasteiger partial charge in [0.15, 0.2) is 0 Å². The zero-order valence-electron chi connectivity index (χ0n) is 12.6. The zero-order valence-corrected chi connectivity index (χ0v) is 13.4. The summed E-state index contributed by atoms with van der Waals surface area (Å²) in [6.45, 7) is 5.63. The first-order valence-electron chi connectivity index (χ1n) is 6.60. The van der Waals surface area contributed by atoms with Crippen LogP contribution in [0, 0.1) is 20.8 Å². The van der Waals surface area contributed by atoms with E-state index >= 15 is 0 Å². The molecule has 0 N–H and O–H groups in total. The van der Waals surface area contributed by atoms with Gasteiger partial charge in [0.25, 0.3) is 10.0 Å². The van der Waals surface area contributed by atoms with Gasteiger partial charge in [0.05, 0.1) is 17.7 Å². The van der Waals surface area contributed by atoms with Crippen molar-refractivity contribution in [2.45, 2.75) is 25.7 Å². The van der Waals surface area contributed by atoms with Crippen LogP contribution in [0.2, 0.25) is 0 Å². The van der Waals surface area contributed by atoms with Crippen molar-refractivity contribution in [3.63, 3.8) is 0 Å². The van der Waals surface area contributed by atoms with Gasteiger partial charge in [-0.05, 0) is 44.0 Å². The average molecular weight is 305 g/mol. The van der Waals surface area contributed by atoms with Crippen LogP contribution in [0.5, 0.6) is 0 Å². The molecule has 0 saturated heterocycles. The van der Waals surface area contributed by atoms with Gasteiger partial charge < -0.3 is 0 Å². The summed E-state index contributed by atoms with van der Waals surface area (Å²) >= 11 is 0. The third-order valence-corrected chi connectivity index (χ3v) is 4.96. The van der Waals surface area contributed by atoms with Gasteiger partial charge in [-0.1, -0.05) is 35.9 Å². The third kappa shape index (κ3) is 2.94. The summed E-state index contributed by atoms with van der Waals surface area (Å²) in [5.74, 6) is 0. The van der Waals surface area contributed by atoms with Crippen LogP contribution in [0.1, 0.15) is 16.7 Å². The SMILES string of the molecule is CON(c1c(C)cccc1C)S(=O)(=O)c1ccc(C)cc1. The molecule has 2 aromatic rings. The maximum Gasteiger partial charge on any atom is 0.286 e. The molecular formula is C16H19NO3S. The Kier molecular flexibility index (Phi) is 4.34. The minimum Gasteiger partial charge on any atom is -0.262 e. The Morgan fingerprint density at radius 2 is 1.43 bits per heavy atom. The van der Waals surface area contributed by atoms with E-state index in [4.69, 9.17) is 4.84 Å². The van der Waals surface area contributed by atoms with Gasteiger partial charge in [-0.15, -0.1) is 4.47 Å². The van der Waals surface area contributed by atoms with Crippen LogP contribution in [-0.2, 0) is 14.9 Å². The molecule has 0 aliphatic heterocycles. The quantitative estimate of drug-likeness (QED) is 0.814. The average Bonchev–Trinajstić information content (AvgIpc) is 2.43. The molecule has 21 heavy (non-hydrogen) atoms. The van der Waals surface area contributed by atoms with Gasteiger partial charge in [-0.3, -0.25) is 4.84 Å². The van der Waals surface area contributed by atoms with Crippen LogP contribution >= 0.6 is 0 Å². The number of benzene rings is 2. The molecule has 4 nitrogen and oxygen atoms in total. The molecule has 0 unspecified atom stereocenters. The summed E-state index contributed by atoms with van der Waals surface area (Å²) in [4.78, 5) is 5.40. The smallest absolute Gasteiger partial charge is 0.262 e. The summed E-state index contributed by atoms with van der Waals surface area (Å²) in [5, 5.41) is 0. The molecule has 112 valence electrons. The third-order valence-electron chi connectivity index (χ3n) is 3.33. The molecule has 2 rings (SSSR count). The number of hydrogen-bond acceptors (Lipinski definition) is 3. The lowest BCUT2D eigenvalue weighted by Gasteiger charge is -2.24. The second-order valence-electron chi connectivity index (χ2n) is 4.97. The molecule has 2 aromatic carbocycles. The molecule has 0 radical (unpaired) electrons. The van der Waals surface area contributed by atoms with Crippen LogP contribution in [0.15, 0.2) is 47.4 Å². The van der Waals surface area contributed by atoms with E-state index in [0.717, 1.165) is 21.2 Å². The van der Waals surface area contributed by atoms with Crippen LogP contribution in [0.3, 0.4) is 0 Å². The molecule has 0 fully saturated rings. The predicted octanol–water partition coefficient (Wildman–Crippen LogP) is 3.37. The van der Waals surface area contributed by atoms with E-state index in [1.54, 1.807) is 24.3 Å². The van der Waals surface area contributed by atoms with E-state index in [2.05, 4.69) is 0 Å². The van der Waals surface area contributed by atoms with Crippen LogP contribution in [0.25, 0.3) is 0 Å². The first kappa shape index (κ1) is 15.5. The Hall–Kier alpha value is -1.85. The number of hydrogen-bond donors (Lipinski definition) is 0. The number of para-hydroxylation sites is 1. The van der Waals surface area contributed by atoms with Gasteiger partial charge in [0, 0.05) is 0 Å². The molecule has 0 aromatic heterocycles. The molecule has 0 aliphatic carbocycles. The first-order chi connectivity index (χ1) is 9.87. The minimum absolute atomic E-state index is 0.206. The van der Waals surface area contributed by atoms with E-state index in [-0.39, 0.29) is 4.90 Å². The number of nitrogens with zero attached hydrogens (tertiary/aromatic N) is 1. The molecule has 0 spiro atoms. The number of rotatable bonds is 4. The van der Waals surface area contributed by atoms with Gasteiger partial charge >= 0.3 is 0 Å². The lowest BCUT2D eigenvalue weighted by Crippen LogP contribution is -2.31. The van der Waals surface area contributed by atoms with Gasteiger partial charge in [0.2, 0.25) is 0 Å². The topological polar surface area (TPSA) is 46.6 Å². The molecule has 0 bridgehead atoms. The van der Waals surface area contributed by atoms with E-state index in [9.17, 15) is 8.42 Å². The monoisotopic (exact) mass is 305 g/mol. The van der Waals surface area contributed by atoms with Crippen molar-refractivity contribution < 1.29 is 13.3 Å². The first-order valence-corrected chi connectivity index (χ1v) is 8.04. The highest BCUT2D eigenvalue weighted by Crippen LogP contribution is 2.30. The second-order valence-corrected chi connectivity index (χ2v) is 6.72. The fraction of sp³-hybridized carbons (Fsp3) is 0.250. The summed E-state index contributed by atoms with van der Waals surface area (Å²) in [6, 6.07) is 12.3. The highest BCUT2D eigenvalue weighted by Gasteiger charge is 2.27. The molecular weight excluding hydrogens is 286 g/mol. The number of sulfonamides is 1. The minimum atomic E-state index is -3.75. The Balaban J connectivity index is 2.57. The van der Waals surface area contributed by atoms with Crippen LogP contribution in [-0.4, -0.2) is 15.5 Å². The zero-order chi connectivity index (χ0) is 15.6. The molecule has 0 aliphatic rings. The fourth-order valence-corrected chi connectivity index (χ4v) is 3.61. The fourth-order valence-electron chi connectivity index (χ4n) is 2.21. The molecule has 0 saturated carbocycles. The van der Waals surface area contributed by atoms with E-state index < -0.39 is 10.0 Å². The maximum atomic E-state index is 12.8. The highest BCUT2D eigenvalue weighted by molar-refractivity contribution is 7.92. The van der Waals surface area contributed by atoms with E-state index in [0.29, 0.717) is 5.69 Å². The molecule has 5 heteroatoms. The van der Waals surface area contributed by atoms with Gasteiger partial charge in [-0.2, -0.15) is 8.42 Å². The van der Waals surface area contributed by atoms with Crippen molar-refractivity contribution in [3.8, 4) is 0 Å². The van der Waals surface area contributed by atoms with Crippen molar-refractivity contribution in [1.82, 2.24) is 0 Å². The summed E-state index contributed by atoms with van der Waals surface area (Å²) in [5.41, 5.74) is 3.24. The molecule has 0 heterocycles. The normalized spacial score (nSPS) is 11.4. The predicted molar refractivity (Wildman–Crippen MR) is 83.8 cm³/mol. The Morgan fingerprint density at radius 1 is 0.905 bits per heavy atom. The Morgan fingerprint density at radius 3 is 1.90 bits per heavy atom. The van der Waals surface area contributed by atoms with E-state index in [1.165, 1.54) is 7.11 Å². The second kappa shape index (κ2) is 5.87. The van der Waals surface area contributed by atoms with E-state index in [1.807, 2.05) is 39.0 Å². The largest absolute Gasteiger partial charge is 0.286 e. The van der Waals surface area contributed by atoms with Crippen LogP contribution in [0.4, 0.5) is 5.69 Å². The summed E-state index contributed by atoms with van der Waals surface area (Å²) in [7, 11) is -2.40. The summed E-state index contributed by atoms with van der Waals surface area (Å²) in [6.07, 6.45) is 0. The standard InChI is InChI=1S/C16H19NO3S/c1-12-8-10-15(11-9-12)21(18,19)17(20-4)16-13(2)6-5-7-14(16)3/h5-11H,1-4H3. The van der Waals surface area contributed by atoms with Gasteiger partial charge in [-0.25, -0.2) is 0 Å². The molecule has 0 atom stereocenters. The number of anilines is 1. The lowest BCUT2D eigenvalue weighted by molar-refractivity contribution is 0.215. The number of aryl methyl sites for hydroxylation is 3. The van der Waals surface area contributed by atoms with Crippen molar-refractivity contribution in [1.29, 1.82) is 0 Å². The molecule has 0 amide bonds. The van der Waals surface area contributed by atoms with Crippen LogP contribution < -0.4 is 4.47 Å². The maximum absolute atomic E-state index is 12.8. The van der Waals surface area contributed by atoms with Crippen molar-refractivity contribution >= 4 is 15.7 Å². The Bertz CT molecular complexity index is 716. The van der Waals surface area contributed by atoms with Crippen molar-refractivity contribution in [3.05, 3.63) is 59.2 Å². The lowest BCUT2D eigenvalue weighted by atomic mass is 10.1. The summed E-state index contributed by atoms with van der Waals surface area (Å²) < 4.78 is 26.5. The van der Waals surface area contributed by atoms with Crippen molar-refractivity contribution in [2.24, 2.45) is 0 Å². The van der Waals surface area contributed by atoms with Crippen molar-refractivity contribution in [2.75, 3.05) is 11.6 Å². The van der Waals surface area contributed by atoms with Gasteiger partial charge in [0.1, 0.15) is 0 Å². The highest BCUT2D eigenvalue weighted by atomic mass is 32.2. The Labute approximate surface area is 126 Å².